The van der Waals surface area contributed by atoms with E-state index in [9.17, 15) is 9.59 Å². The lowest BCUT2D eigenvalue weighted by atomic mass is 9.66. The van der Waals surface area contributed by atoms with E-state index in [1.165, 1.54) is 7.11 Å². The van der Waals surface area contributed by atoms with Crippen molar-refractivity contribution in [2.45, 2.75) is 39.2 Å². The number of nitrogens with one attached hydrogen (secondary N) is 1. The SMILES string of the molecule is COc1ccc(OC)c(NC(=O)[C@@]23CC[C@](C)(C(=O)O2)C3(C)C)c1. The molecule has 6 nitrogen and oxygen atoms in total. The van der Waals surface area contributed by atoms with Crippen molar-refractivity contribution in [3.05, 3.63) is 18.2 Å². The number of hydrogen-bond acceptors (Lipinski definition) is 5. The van der Waals surface area contributed by atoms with Gasteiger partial charge in [-0.25, -0.2) is 0 Å². The molecule has 1 aliphatic carbocycles. The number of methoxy groups -OCH3 is 2. The molecule has 2 fully saturated rings. The lowest BCUT2D eigenvalue weighted by molar-refractivity contribution is -0.165. The number of carbonyl (C=O) groups is 2. The van der Waals surface area contributed by atoms with Crippen LogP contribution in [0.2, 0.25) is 0 Å². The molecule has 24 heavy (non-hydrogen) atoms. The first-order chi connectivity index (χ1) is 11.2. The van der Waals surface area contributed by atoms with Gasteiger partial charge in [-0.15, -0.1) is 0 Å². The van der Waals surface area contributed by atoms with Gasteiger partial charge >= 0.3 is 5.97 Å². The Balaban J connectivity index is 1.95. The first kappa shape index (κ1) is 16.6. The molecule has 1 amide bonds. The second kappa shape index (κ2) is 5.13. The van der Waals surface area contributed by atoms with Crippen LogP contribution in [0, 0.1) is 10.8 Å². The number of amides is 1. The third kappa shape index (κ3) is 1.88. The van der Waals surface area contributed by atoms with Gasteiger partial charge in [0.05, 0.1) is 25.3 Å². The van der Waals surface area contributed by atoms with Crippen molar-refractivity contribution < 1.29 is 23.8 Å². The lowest BCUT2D eigenvalue weighted by Crippen LogP contribution is -2.50. The highest BCUT2D eigenvalue weighted by molar-refractivity contribution is 6.04. The fourth-order valence-electron chi connectivity index (χ4n) is 3.88. The van der Waals surface area contributed by atoms with Gasteiger partial charge in [0.25, 0.3) is 5.91 Å². The zero-order valence-electron chi connectivity index (χ0n) is 14.7. The Morgan fingerprint density at radius 2 is 1.88 bits per heavy atom. The molecule has 1 heterocycles. The molecule has 1 aliphatic heterocycles. The Morgan fingerprint density at radius 1 is 1.17 bits per heavy atom. The van der Waals surface area contributed by atoms with Crippen molar-refractivity contribution in [2.24, 2.45) is 10.8 Å². The van der Waals surface area contributed by atoms with E-state index in [-0.39, 0.29) is 11.9 Å². The molecular weight excluding hydrogens is 310 g/mol. The molecule has 1 saturated heterocycles. The smallest absolute Gasteiger partial charge is 0.313 e. The standard InChI is InChI=1S/C18H23NO5/c1-16(2)17(3)8-9-18(16,24-15(17)21)14(20)19-12-10-11(22-4)6-7-13(12)23-5/h6-7,10H,8-9H2,1-5H3,(H,19,20)/t17-,18-/m1/s1. The van der Waals surface area contributed by atoms with Crippen LogP contribution >= 0.6 is 0 Å². The molecule has 1 aromatic carbocycles. The number of esters is 1. The second-order valence-electron chi connectivity index (χ2n) is 7.19. The third-order valence-electron chi connectivity index (χ3n) is 6.11. The summed E-state index contributed by atoms with van der Waals surface area (Å²) in [4.78, 5) is 25.4. The lowest BCUT2D eigenvalue weighted by Gasteiger charge is -2.35. The maximum atomic E-state index is 13.1. The maximum Gasteiger partial charge on any atom is 0.313 e. The van der Waals surface area contributed by atoms with Gasteiger partial charge in [-0.3, -0.25) is 9.59 Å². The van der Waals surface area contributed by atoms with Crippen molar-refractivity contribution in [1.29, 1.82) is 0 Å². The molecule has 0 aromatic heterocycles. The molecule has 1 N–H and O–H groups in total. The van der Waals surface area contributed by atoms with Crippen LogP contribution in [0.5, 0.6) is 11.5 Å². The van der Waals surface area contributed by atoms with E-state index in [2.05, 4.69) is 5.32 Å². The van der Waals surface area contributed by atoms with E-state index < -0.39 is 16.4 Å². The van der Waals surface area contributed by atoms with E-state index in [1.54, 1.807) is 25.3 Å². The van der Waals surface area contributed by atoms with Crippen molar-refractivity contribution in [3.63, 3.8) is 0 Å². The van der Waals surface area contributed by atoms with Gasteiger partial charge in [-0.1, -0.05) is 13.8 Å². The van der Waals surface area contributed by atoms with Crippen LogP contribution in [-0.4, -0.2) is 31.7 Å². The molecule has 0 unspecified atom stereocenters. The van der Waals surface area contributed by atoms with Gasteiger partial charge in [-0.05, 0) is 31.9 Å². The van der Waals surface area contributed by atoms with Crippen molar-refractivity contribution in [2.75, 3.05) is 19.5 Å². The number of anilines is 1. The van der Waals surface area contributed by atoms with Gasteiger partial charge in [0.1, 0.15) is 11.5 Å². The first-order valence-electron chi connectivity index (χ1n) is 7.99. The number of hydrogen-bond donors (Lipinski definition) is 1. The van der Waals surface area contributed by atoms with E-state index in [0.717, 1.165) is 0 Å². The molecule has 130 valence electrons. The zero-order chi connectivity index (χ0) is 17.8. The van der Waals surface area contributed by atoms with Crippen LogP contribution in [0.25, 0.3) is 0 Å². The summed E-state index contributed by atoms with van der Waals surface area (Å²) in [5, 5.41) is 2.87. The fourth-order valence-corrected chi connectivity index (χ4v) is 3.88. The zero-order valence-corrected chi connectivity index (χ0v) is 14.7. The quantitative estimate of drug-likeness (QED) is 0.858. The van der Waals surface area contributed by atoms with Gasteiger partial charge in [-0.2, -0.15) is 0 Å². The molecule has 0 spiro atoms. The predicted molar refractivity (Wildman–Crippen MR) is 88.1 cm³/mol. The van der Waals surface area contributed by atoms with Crippen molar-refractivity contribution in [3.8, 4) is 11.5 Å². The Hall–Kier alpha value is -2.24. The van der Waals surface area contributed by atoms with Gasteiger partial charge < -0.3 is 19.5 Å². The number of carbonyl (C=O) groups excluding carboxylic acids is 2. The minimum Gasteiger partial charge on any atom is -0.497 e. The number of ether oxygens (including phenoxy) is 3. The van der Waals surface area contributed by atoms with Crippen LogP contribution in [0.1, 0.15) is 33.6 Å². The topological polar surface area (TPSA) is 73.9 Å². The first-order valence-corrected chi connectivity index (χ1v) is 7.99. The Bertz CT molecular complexity index is 713. The molecule has 2 bridgehead atoms. The van der Waals surface area contributed by atoms with Gasteiger partial charge in [0, 0.05) is 11.5 Å². The highest BCUT2D eigenvalue weighted by Crippen LogP contribution is 2.65. The van der Waals surface area contributed by atoms with Crippen LogP contribution in [0.4, 0.5) is 5.69 Å². The highest BCUT2D eigenvalue weighted by atomic mass is 16.6. The van der Waals surface area contributed by atoms with E-state index >= 15 is 0 Å². The summed E-state index contributed by atoms with van der Waals surface area (Å²) in [5.41, 5.74) is -1.90. The Morgan fingerprint density at radius 3 is 2.38 bits per heavy atom. The Kier molecular flexibility index (Phi) is 3.55. The van der Waals surface area contributed by atoms with Gasteiger partial charge in [0.15, 0.2) is 5.60 Å². The summed E-state index contributed by atoms with van der Waals surface area (Å²) in [6, 6.07) is 5.15. The maximum absolute atomic E-state index is 13.1. The highest BCUT2D eigenvalue weighted by Gasteiger charge is 2.75. The third-order valence-corrected chi connectivity index (χ3v) is 6.11. The van der Waals surface area contributed by atoms with Crippen LogP contribution in [0.15, 0.2) is 18.2 Å². The monoisotopic (exact) mass is 333 g/mol. The largest absolute Gasteiger partial charge is 0.497 e. The predicted octanol–water partition coefficient (Wildman–Crippen LogP) is 2.76. The average Bonchev–Trinajstić information content (AvgIpc) is 2.85. The second-order valence-corrected chi connectivity index (χ2v) is 7.19. The number of rotatable bonds is 4. The van der Waals surface area contributed by atoms with E-state index in [1.807, 2.05) is 20.8 Å². The van der Waals surface area contributed by atoms with Gasteiger partial charge in [0.2, 0.25) is 0 Å². The molecule has 2 atom stereocenters. The minimum absolute atomic E-state index is 0.300. The summed E-state index contributed by atoms with van der Waals surface area (Å²) in [6.07, 6.45) is 1.15. The van der Waals surface area contributed by atoms with Crippen LogP contribution < -0.4 is 14.8 Å². The summed E-state index contributed by atoms with van der Waals surface area (Å²) in [6.45, 7) is 5.73. The molecular formula is C18H23NO5. The molecule has 1 aromatic rings. The molecule has 2 aliphatic rings. The fraction of sp³-hybridized carbons (Fsp3) is 0.556. The van der Waals surface area contributed by atoms with Crippen LogP contribution in [-0.2, 0) is 14.3 Å². The normalized spacial score (nSPS) is 30.0. The van der Waals surface area contributed by atoms with Crippen molar-refractivity contribution >= 4 is 17.6 Å². The summed E-state index contributed by atoms with van der Waals surface area (Å²) >= 11 is 0. The van der Waals surface area contributed by atoms with E-state index in [0.29, 0.717) is 30.0 Å². The molecule has 6 heteroatoms. The summed E-state index contributed by atoms with van der Waals surface area (Å²) in [7, 11) is 3.08. The van der Waals surface area contributed by atoms with Crippen LogP contribution in [0.3, 0.4) is 0 Å². The number of benzene rings is 1. The summed E-state index contributed by atoms with van der Waals surface area (Å²) in [5.74, 6) is 0.492. The average molecular weight is 333 g/mol. The number of fused-ring (bicyclic) bond motifs is 2. The molecule has 1 saturated carbocycles. The molecule has 3 rings (SSSR count). The van der Waals surface area contributed by atoms with Crippen molar-refractivity contribution in [1.82, 2.24) is 0 Å². The summed E-state index contributed by atoms with van der Waals surface area (Å²) < 4.78 is 16.1. The Labute approximate surface area is 141 Å². The van der Waals surface area contributed by atoms with E-state index in [4.69, 9.17) is 14.2 Å². The molecule has 0 radical (unpaired) electrons. The minimum atomic E-state index is -1.16.